The lowest BCUT2D eigenvalue weighted by molar-refractivity contribution is 0.0785. The first kappa shape index (κ1) is 16.7. The van der Waals surface area contributed by atoms with Gasteiger partial charge in [0.2, 0.25) is 0 Å². The summed E-state index contributed by atoms with van der Waals surface area (Å²) in [6.07, 6.45) is 3.23. The van der Waals surface area contributed by atoms with Crippen LogP contribution in [0.4, 0.5) is 0 Å². The summed E-state index contributed by atoms with van der Waals surface area (Å²) in [6.45, 7) is 2.44. The van der Waals surface area contributed by atoms with Gasteiger partial charge in [-0.1, -0.05) is 6.07 Å². The number of sulfone groups is 1. The Labute approximate surface area is 160 Å². The molecular weight excluding hydrogens is 384 g/mol. The number of fused-ring (bicyclic) bond motifs is 3. The molecule has 0 bridgehead atoms. The fraction of sp³-hybridized carbons (Fsp3) is 0.263. The van der Waals surface area contributed by atoms with Crippen molar-refractivity contribution >= 4 is 27.1 Å². The van der Waals surface area contributed by atoms with Crippen LogP contribution < -0.4 is 0 Å². The van der Waals surface area contributed by atoms with Gasteiger partial charge in [-0.25, -0.2) is 13.4 Å². The minimum Gasteiger partial charge on any atom is -0.472 e. The van der Waals surface area contributed by atoms with Crippen LogP contribution in [-0.4, -0.2) is 42.5 Å². The van der Waals surface area contributed by atoms with Crippen molar-refractivity contribution in [2.75, 3.05) is 13.1 Å². The van der Waals surface area contributed by atoms with E-state index in [4.69, 9.17) is 4.42 Å². The van der Waals surface area contributed by atoms with E-state index in [1.54, 1.807) is 28.9 Å². The lowest BCUT2D eigenvalue weighted by Gasteiger charge is -2.16. The molecule has 0 aliphatic carbocycles. The van der Waals surface area contributed by atoms with Gasteiger partial charge in [-0.15, -0.1) is 11.3 Å². The number of carbonyl (C=O) groups excluding carboxylic acids is 1. The minimum absolute atomic E-state index is 0.198. The van der Waals surface area contributed by atoms with E-state index in [-0.39, 0.29) is 18.4 Å². The molecule has 8 heteroatoms. The maximum absolute atomic E-state index is 13.0. The Hall–Kier alpha value is -2.45. The van der Waals surface area contributed by atoms with E-state index < -0.39 is 15.1 Å². The summed E-state index contributed by atoms with van der Waals surface area (Å²) in [5.74, 6) is -0.406. The molecule has 0 saturated carbocycles. The van der Waals surface area contributed by atoms with Gasteiger partial charge in [-0.05, 0) is 36.2 Å². The van der Waals surface area contributed by atoms with Crippen molar-refractivity contribution in [2.24, 2.45) is 0 Å². The average molecular weight is 400 g/mol. The maximum atomic E-state index is 13.0. The smallest absolute Gasteiger partial charge is 0.273 e. The number of aromatic nitrogens is 1. The molecule has 6 nitrogen and oxygen atoms in total. The Morgan fingerprint density at radius 3 is 2.81 bits per heavy atom. The van der Waals surface area contributed by atoms with Gasteiger partial charge < -0.3 is 9.32 Å². The molecule has 3 aromatic rings. The molecule has 0 N–H and O–H groups in total. The molecular formula is C19H16N2O4S2. The Morgan fingerprint density at radius 1 is 1.26 bits per heavy atom. The van der Waals surface area contributed by atoms with E-state index in [9.17, 15) is 13.2 Å². The van der Waals surface area contributed by atoms with E-state index >= 15 is 0 Å². The van der Waals surface area contributed by atoms with Crippen molar-refractivity contribution < 1.29 is 17.6 Å². The number of aryl methyl sites for hydroxylation is 1. The molecule has 138 valence electrons. The second-order valence-electron chi connectivity index (χ2n) is 6.92. The van der Waals surface area contributed by atoms with Crippen LogP contribution in [0.1, 0.15) is 27.0 Å². The SMILES string of the molecule is Cc1nc(C(=O)N2C[C@@H]3[C@@H](C2)c2cc(-c4ccoc4)ccc2S3(=O)=O)cs1. The highest BCUT2D eigenvalue weighted by molar-refractivity contribution is 7.92. The molecule has 2 aromatic heterocycles. The van der Waals surface area contributed by atoms with Crippen molar-refractivity contribution in [1.29, 1.82) is 0 Å². The number of hydrogen-bond donors (Lipinski definition) is 0. The van der Waals surface area contributed by atoms with E-state index in [1.165, 1.54) is 11.3 Å². The number of likely N-dealkylation sites (tertiary alicyclic amines) is 1. The lowest BCUT2D eigenvalue weighted by Crippen LogP contribution is -2.31. The topological polar surface area (TPSA) is 80.5 Å². The van der Waals surface area contributed by atoms with Crippen LogP contribution in [0.15, 0.2) is 51.5 Å². The third-order valence-electron chi connectivity index (χ3n) is 5.36. The molecule has 2 atom stereocenters. The van der Waals surface area contributed by atoms with E-state index in [0.717, 1.165) is 21.7 Å². The Balaban J connectivity index is 1.52. The zero-order chi connectivity index (χ0) is 18.8. The molecule has 1 saturated heterocycles. The van der Waals surface area contributed by atoms with Gasteiger partial charge in [0.1, 0.15) is 5.69 Å². The third-order valence-corrected chi connectivity index (χ3v) is 8.39. The number of carbonyl (C=O) groups is 1. The number of rotatable bonds is 2. The predicted molar refractivity (Wildman–Crippen MR) is 101 cm³/mol. The van der Waals surface area contributed by atoms with Gasteiger partial charge in [-0.2, -0.15) is 0 Å². The summed E-state index contributed by atoms with van der Waals surface area (Å²) in [5, 5.41) is 1.96. The largest absolute Gasteiger partial charge is 0.472 e. The second-order valence-corrected chi connectivity index (χ2v) is 10.1. The van der Waals surface area contributed by atoms with Crippen molar-refractivity contribution in [2.45, 2.75) is 23.0 Å². The first-order valence-corrected chi connectivity index (χ1v) is 11.0. The number of hydrogen-bond acceptors (Lipinski definition) is 6. The third kappa shape index (κ3) is 2.47. The van der Waals surface area contributed by atoms with Crippen LogP contribution in [-0.2, 0) is 9.84 Å². The molecule has 5 rings (SSSR count). The molecule has 0 spiro atoms. The maximum Gasteiger partial charge on any atom is 0.273 e. The Kier molecular flexibility index (Phi) is 3.57. The summed E-state index contributed by atoms with van der Waals surface area (Å²) in [5.41, 5.74) is 3.01. The normalized spacial score (nSPS) is 22.6. The molecule has 2 aliphatic heterocycles. The van der Waals surface area contributed by atoms with Crippen LogP contribution in [0.2, 0.25) is 0 Å². The van der Waals surface area contributed by atoms with Crippen LogP contribution in [0, 0.1) is 6.92 Å². The van der Waals surface area contributed by atoms with Crippen LogP contribution >= 0.6 is 11.3 Å². The minimum atomic E-state index is -3.45. The van der Waals surface area contributed by atoms with Gasteiger partial charge in [0.15, 0.2) is 9.84 Å². The van der Waals surface area contributed by atoms with Gasteiger partial charge in [0.25, 0.3) is 5.91 Å². The quantitative estimate of drug-likeness (QED) is 0.660. The fourth-order valence-corrected chi connectivity index (χ4v) is 6.80. The van der Waals surface area contributed by atoms with Gasteiger partial charge in [0, 0.05) is 30.0 Å². The van der Waals surface area contributed by atoms with Crippen molar-refractivity contribution in [3.63, 3.8) is 0 Å². The monoisotopic (exact) mass is 400 g/mol. The molecule has 2 aliphatic rings. The number of thiazole rings is 1. The van der Waals surface area contributed by atoms with Crippen LogP contribution in [0.25, 0.3) is 11.1 Å². The molecule has 1 amide bonds. The standard InChI is InChI=1S/C19H16N2O4S2/c1-11-20-16(10-26-11)19(22)21-7-15-14-6-12(13-4-5-25-9-13)2-3-17(14)27(23,24)18(15)8-21/h2-6,9-10,15,18H,7-8H2,1H3/t15-,18+/m0/s1. The number of nitrogens with zero attached hydrogens (tertiary/aromatic N) is 2. The summed E-state index contributed by atoms with van der Waals surface area (Å²) < 4.78 is 31.1. The number of amides is 1. The first-order chi connectivity index (χ1) is 12.9. The molecule has 1 fully saturated rings. The van der Waals surface area contributed by atoms with Crippen molar-refractivity contribution in [3.8, 4) is 11.1 Å². The molecule has 4 heterocycles. The van der Waals surface area contributed by atoms with Gasteiger partial charge >= 0.3 is 0 Å². The van der Waals surface area contributed by atoms with Crippen LogP contribution in [0.5, 0.6) is 0 Å². The molecule has 27 heavy (non-hydrogen) atoms. The average Bonchev–Trinajstić information content (AvgIpc) is 3.41. The van der Waals surface area contributed by atoms with E-state index in [2.05, 4.69) is 4.98 Å². The Bertz CT molecular complexity index is 1150. The highest BCUT2D eigenvalue weighted by atomic mass is 32.2. The van der Waals surface area contributed by atoms with Crippen molar-refractivity contribution in [1.82, 2.24) is 9.88 Å². The summed E-state index contributed by atoms with van der Waals surface area (Å²) in [4.78, 5) is 19.0. The number of furan rings is 1. The number of benzene rings is 1. The fourth-order valence-electron chi connectivity index (χ4n) is 4.05. The lowest BCUT2D eigenvalue weighted by atomic mass is 9.95. The summed E-state index contributed by atoms with van der Waals surface area (Å²) in [7, 11) is -3.45. The van der Waals surface area contributed by atoms with Gasteiger partial charge in [0.05, 0.1) is 27.7 Å². The van der Waals surface area contributed by atoms with E-state index in [0.29, 0.717) is 17.1 Å². The van der Waals surface area contributed by atoms with Gasteiger partial charge in [-0.3, -0.25) is 4.79 Å². The Morgan fingerprint density at radius 2 is 2.11 bits per heavy atom. The molecule has 1 aromatic carbocycles. The zero-order valence-electron chi connectivity index (χ0n) is 14.5. The van der Waals surface area contributed by atoms with Crippen LogP contribution in [0.3, 0.4) is 0 Å². The summed E-state index contributed by atoms with van der Waals surface area (Å²) in [6, 6.07) is 7.26. The molecule has 0 unspecified atom stereocenters. The second kappa shape index (κ2) is 5.77. The van der Waals surface area contributed by atoms with E-state index in [1.807, 2.05) is 25.1 Å². The predicted octanol–water partition coefficient (Wildman–Crippen LogP) is 3.11. The summed E-state index contributed by atoms with van der Waals surface area (Å²) >= 11 is 1.42. The highest BCUT2D eigenvalue weighted by Crippen LogP contribution is 2.46. The zero-order valence-corrected chi connectivity index (χ0v) is 16.1. The van der Waals surface area contributed by atoms with Crippen molar-refractivity contribution in [3.05, 3.63) is 58.4 Å². The highest BCUT2D eigenvalue weighted by Gasteiger charge is 2.51. The first-order valence-electron chi connectivity index (χ1n) is 8.57. The molecule has 0 radical (unpaired) electrons.